The molecule has 2 saturated heterocycles. The van der Waals surface area contributed by atoms with Crippen LogP contribution in [0.5, 0.6) is 5.75 Å². The van der Waals surface area contributed by atoms with E-state index in [0.717, 1.165) is 71.0 Å². The van der Waals surface area contributed by atoms with Gasteiger partial charge in [-0.2, -0.15) is 0 Å². The first-order chi connectivity index (χ1) is 21.3. The third-order valence-electron chi connectivity index (χ3n) is 7.63. The largest absolute Gasteiger partial charge is 0.491 e. The molecule has 2 N–H and O–H groups in total. The van der Waals surface area contributed by atoms with Crippen molar-refractivity contribution in [3.8, 4) is 5.75 Å². The highest BCUT2D eigenvalue weighted by molar-refractivity contribution is 7.13. The van der Waals surface area contributed by atoms with Crippen molar-refractivity contribution in [1.29, 1.82) is 0 Å². The molecule has 0 bridgehead atoms. The first-order valence-electron chi connectivity index (χ1n) is 14.6. The number of ether oxygens (including phenoxy) is 2. The van der Waals surface area contributed by atoms with Crippen LogP contribution < -0.4 is 15.4 Å². The molecule has 0 atom stereocenters. The van der Waals surface area contributed by atoms with Gasteiger partial charge in [-0.05, 0) is 54.7 Å². The van der Waals surface area contributed by atoms with Gasteiger partial charge in [0.2, 0.25) is 0 Å². The number of carbonyl (C=O) groups excluding carboxylic acids is 2. The van der Waals surface area contributed by atoms with Crippen LogP contribution in [0.2, 0.25) is 15.1 Å². The molecule has 9 nitrogen and oxygen atoms in total. The number of anilines is 2. The van der Waals surface area contributed by atoms with Crippen molar-refractivity contribution in [3.05, 3.63) is 72.9 Å². The third kappa shape index (κ3) is 8.86. The Hall–Kier alpha value is -2.41. The second kappa shape index (κ2) is 15.7. The van der Waals surface area contributed by atoms with Crippen molar-refractivity contribution >= 4 is 69.3 Å². The topological polar surface area (TPSA) is 86.4 Å². The van der Waals surface area contributed by atoms with E-state index in [2.05, 4.69) is 32.4 Å². The molecule has 0 saturated carbocycles. The van der Waals surface area contributed by atoms with Crippen LogP contribution in [0.15, 0.2) is 41.8 Å². The minimum Gasteiger partial charge on any atom is -0.491 e. The number of nitrogens with zero attached hydrogens (tertiary/aromatic N) is 3. The number of halogens is 3. The fourth-order valence-electron chi connectivity index (χ4n) is 5.09. The van der Waals surface area contributed by atoms with E-state index in [-0.39, 0.29) is 11.3 Å². The van der Waals surface area contributed by atoms with Gasteiger partial charge in [0, 0.05) is 74.2 Å². The fraction of sp³-hybridized carbons (Fsp3) is 0.419. The molecule has 2 fully saturated rings. The van der Waals surface area contributed by atoms with Gasteiger partial charge in [0.05, 0.1) is 36.1 Å². The lowest BCUT2D eigenvalue weighted by atomic mass is 10.1. The van der Waals surface area contributed by atoms with Crippen LogP contribution >= 0.6 is 46.1 Å². The van der Waals surface area contributed by atoms with Crippen molar-refractivity contribution in [2.24, 2.45) is 0 Å². The Kier molecular flexibility index (Phi) is 11.8. The second-order valence-electron chi connectivity index (χ2n) is 10.9. The summed E-state index contributed by atoms with van der Waals surface area (Å²) in [6.45, 7) is 8.94. The molecular formula is C31H36Cl3N5O4S. The van der Waals surface area contributed by atoms with E-state index >= 15 is 0 Å². The number of likely N-dealkylation sites (N-methyl/N-ethyl adjacent to an activating group) is 1. The molecule has 3 heterocycles. The first-order valence-corrected chi connectivity index (χ1v) is 16.6. The van der Waals surface area contributed by atoms with Gasteiger partial charge in [-0.15, -0.1) is 11.3 Å². The average molecular weight is 681 g/mol. The summed E-state index contributed by atoms with van der Waals surface area (Å²) in [6.07, 6.45) is 0.749. The van der Waals surface area contributed by atoms with Crippen LogP contribution in [0.1, 0.15) is 32.0 Å². The van der Waals surface area contributed by atoms with Gasteiger partial charge in [-0.3, -0.25) is 19.4 Å². The Bertz CT molecular complexity index is 1440. The van der Waals surface area contributed by atoms with Crippen molar-refractivity contribution in [3.63, 3.8) is 0 Å². The van der Waals surface area contributed by atoms with Gasteiger partial charge < -0.3 is 25.0 Å². The van der Waals surface area contributed by atoms with Crippen molar-refractivity contribution < 1.29 is 19.1 Å². The zero-order chi connectivity index (χ0) is 31.1. The predicted molar refractivity (Wildman–Crippen MR) is 178 cm³/mol. The highest BCUT2D eigenvalue weighted by atomic mass is 35.5. The third-order valence-corrected chi connectivity index (χ3v) is 9.67. The van der Waals surface area contributed by atoms with Gasteiger partial charge in [0.25, 0.3) is 11.8 Å². The highest BCUT2D eigenvalue weighted by Crippen LogP contribution is 2.36. The smallest absolute Gasteiger partial charge is 0.267 e. The molecule has 236 valence electrons. The number of piperazine rings is 1. The molecule has 0 radical (unpaired) electrons. The van der Waals surface area contributed by atoms with E-state index in [1.807, 2.05) is 5.38 Å². The maximum absolute atomic E-state index is 13.7. The summed E-state index contributed by atoms with van der Waals surface area (Å²) in [5.41, 5.74) is 1.83. The monoisotopic (exact) mass is 679 g/mol. The molecule has 2 aliphatic heterocycles. The SMILES string of the molecule is CN1CCN(Cc2csc(C(=O)Nc3c(OCCCN4CCOCC4)cc(Cl)cc3C(=O)Nc3ccc(Cl)cc3)c2Cl)CC1. The molecule has 5 rings (SSSR count). The van der Waals surface area contributed by atoms with Crippen molar-refractivity contribution in [1.82, 2.24) is 14.7 Å². The molecule has 44 heavy (non-hydrogen) atoms. The summed E-state index contributed by atoms with van der Waals surface area (Å²) in [6, 6.07) is 9.87. The highest BCUT2D eigenvalue weighted by Gasteiger charge is 2.25. The number of carbonyl (C=O) groups is 2. The van der Waals surface area contributed by atoms with Gasteiger partial charge in [0.1, 0.15) is 10.6 Å². The van der Waals surface area contributed by atoms with Crippen LogP contribution in [0.4, 0.5) is 11.4 Å². The van der Waals surface area contributed by atoms with Gasteiger partial charge in [-0.1, -0.05) is 34.8 Å². The molecule has 2 amide bonds. The van der Waals surface area contributed by atoms with Gasteiger partial charge >= 0.3 is 0 Å². The van der Waals surface area contributed by atoms with Crippen molar-refractivity contribution in [2.45, 2.75) is 13.0 Å². The first kappa shape index (κ1) is 33.0. The maximum Gasteiger partial charge on any atom is 0.267 e. The summed E-state index contributed by atoms with van der Waals surface area (Å²) < 4.78 is 11.6. The summed E-state index contributed by atoms with van der Waals surface area (Å²) in [7, 11) is 2.11. The molecule has 2 aromatic carbocycles. The zero-order valence-corrected chi connectivity index (χ0v) is 27.6. The number of rotatable bonds is 11. The van der Waals surface area contributed by atoms with Gasteiger partial charge in [-0.25, -0.2) is 0 Å². The summed E-state index contributed by atoms with van der Waals surface area (Å²) >= 11 is 20.5. The summed E-state index contributed by atoms with van der Waals surface area (Å²) in [4.78, 5) is 34.5. The number of hydrogen-bond donors (Lipinski definition) is 2. The Balaban J connectivity index is 1.35. The van der Waals surface area contributed by atoms with E-state index in [9.17, 15) is 9.59 Å². The molecule has 3 aromatic rings. The number of nitrogens with one attached hydrogen (secondary N) is 2. The molecule has 0 unspecified atom stereocenters. The predicted octanol–water partition coefficient (Wildman–Crippen LogP) is 6.06. The quantitative estimate of drug-likeness (QED) is 0.238. The maximum atomic E-state index is 13.7. The second-order valence-corrected chi connectivity index (χ2v) is 13.0. The number of amides is 2. The zero-order valence-electron chi connectivity index (χ0n) is 24.5. The molecule has 0 aliphatic carbocycles. The number of benzene rings is 2. The van der Waals surface area contributed by atoms with E-state index in [1.165, 1.54) is 17.4 Å². The van der Waals surface area contributed by atoms with Crippen LogP contribution in [0.3, 0.4) is 0 Å². The Morgan fingerprint density at radius 3 is 2.36 bits per heavy atom. The minimum atomic E-state index is -0.462. The van der Waals surface area contributed by atoms with E-state index in [0.29, 0.717) is 44.5 Å². The van der Waals surface area contributed by atoms with Crippen LogP contribution in [0.25, 0.3) is 0 Å². The molecule has 13 heteroatoms. The Morgan fingerprint density at radius 1 is 0.909 bits per heavy atom. The lowest BCUT2D eigenvalue weighted by Crippen LogP contribution is -2.43. The van der Waals surface area contributed by atoms with E-state index in [4.69, 9.17) is 44.3 Å². The lowest BCUT2D eigenvalue weighted by Gasteiger charge is -2.32. The van der Waals surface area contributed by atoms with E-state index < -0.39 is 11.8 Å². The molecule has 1 aromatic heterocycles. The van der Waals surface area contributed by atoms with Crippen LogP contribution in [-0.2, 0) is 11.3 Å². The molecular weight excluding hydrogens is 645 g/mol. The summed E-state index contributed by atoms with van der Waals surface area (Å²) in [5, 5.41) is 8.97. The molecule has 2 aliphatic rings. The average Bonchev–Trinajstić information content (AvgIpc) is 3.38. The Labute approximate surface area is 276 Å². The standard InChI is InChI=1S/C31H36Cl3N5O4S/c1-37-8-10-39(11-9-37)19-21-20-44-29(27(21)34)31(41)36-28-25(30(40)35-24-5-3-22(32)4-6-24)17-23(33)18-26(28)43-14-2-7-38-12-15-42-16-13-38/h3-6,17-18,20H,2,7-16,19H2,1H3,(H,35,40)(H,36,41). The number of hydrogen-bond acceptors (Lipinski definition) is 8. The fourth-order valence-corrected chi connectivity index (χ4v) is 6.66. The van der Waals surface area contributed by atoms with Crippen LogP contribution in [-0.4, -0.2) is 99.2 Å². The number of morpholine rings is 1. The lowest BCUT2D eigenvalue weighted by molar-refractivity contribution is 0.0358. The van der Waals surface area contributed by atoms with Gasteiger partial charge in [0.15, 0.2) is 0 Å². The van der Waals surface area contributed by atoms with Crippen molar-refractivity contribution in [2.75, 3.05) is 83.3 Å². The number of thiophene rings is 1. The van der Waals surface area contributed by atoms with E-state index in [1.54, 1.807) is 30.3 Å². The van der Waals surface area contributed by atoms with Crippen LogP contribution in [0, 0.1) is 0 Å². The minimum absolute atomic E-state index is 0.161. The Morgan fingerprint density at radius 2 is 1.64 bits per heavy atom. The molecule has 0 spiro atoms. The normalized spacial score (nSPS) is 16.5. The summed E-state index contributed by atoms with van der Waals surface area (Å²) in [5.74, 6) is -0.582.